The quantitative estimate of drug-likeness (QED) is 0.650. The number of fused-ring (bicyclic) bond motifs is 1. The van der Waals surface area contributed by atoms with Crippen molar-refractivity contribution in [1.29, 1.82) is 0 Å². The van der Waals surface area contributed by atoms with Gasteiger partial charge in [-0.05, 0) is 44.5 Å². The molecule has 1 saturated heterocycles. The molecule has 0 unspecified atom stereocenters. The van der Waals surface area contributed by atoms with Crippen LogP contribution in [0.1, 0.15) is 12.8 Å². The minimum atomic E-state index is 0.551. The van der Waals surface area contributed by atoms with Gasteiger partial charge in [-0.3, -0.25) is 4.40 Å². The largest absolute Gasteiger partial charge is 0.342 e. The molecule has 1 aromatic carbocycles. The lowest BCUT2D eigenvalue weighted by Gasteiger charge is -2.32. The number of nitrogens with one attached hydrogen (secondary N) is 1. The first-order valence-corrected chi connectivity index (χ1v) is 10.6. The first-order valence-electron chi connectivity index (χ1n) is 9.01. The van der Waals surface area contributed by atoms with Crippen LogP contribution in [0.25, 0.3) is 5.65 Å². The standard InChI is InChI=1S/C19H21Cl2N5S/c1-22-11-13-5-8-25(9-6-13)19-24-12-16(18-23-7-10-26(18)19)27-15-4-2-3-14(20)17(15)21/h2-4,7,10,12-13,22H,5-6,8-9,11H2,1H3. The molecule has 142 valence electrons. The van der Waals surface area contributed by atoms with Gasteiger partial charge in [-0.15, -0.1) is 0 Å². The highest BCUT2D eigenvalue weighted by Gasteiger charge is 2.22. The van der Waals surface area contributed by atoms with Crippen LogP contribution in [0.3, 0.4) is 0 Å². The third-order valence-electron chi connectivity index (χ3n) is 4.90. The summed E-state index contributed by atoms with van der Waals surface area (Å²) in [7, 11) is 2.02. The second-order valence-electron chi connectivity index (χ2n) is 6.69. The van der Waals surface area contributed by atoms with Gasteiger partial charge in [-0.25, -0.2) is 9.97 Å². The van der Waals surface area contributed by atoms with Crippen LogP contribution in [-0.2, 0) is 0 Å². The molecule has 5 nitrogen and oxygen atoms in total. The number of aromatic nitrogens is 3. The van der Waals surface area contributed by atoms with E-state index >= 15 is 0 Å². The second kappa shape index (κ2) is 8.27. The number of imidazole rings is 1. The lowest BCUT2D eigenvalue weighted by atomic mass is 9.97. The lowest BCUT2D eigenvalue weighted by molar-refractivity contribution is 0.390. The predicted molar refractivity (Wildman–Crippen MR) is 112 cm³/mol. The molecule has 0 aliphatic carbocycles. The lowest BCUT2D eigenvalue weighted by Crippen LogP contribution is -2.38. The minimum absolute atomic E-state index is 0.551. The summed E-state index contributed by atoms with van der Waals surface area (Å²) in [6.45, 7) is 3.11. The number of benzene rings is 1. The van der Waals surface area contributed by atoms with Gasteiger partial charge in [0.1, 0.15) is 0 Å². The fraction of sp³-hybridized carbons (Fsp3) is 0.368. The van der Waals surface area contributed by atoms with Gasteiger partial charge in [0.15, 0.2) is 5.65 Å². The molecular formula is C19H21Cl2N5S. The maximum Gasteiger partial charge on any atom is 0.211 e. The molecule has 2 aromatic heterocycles. The van der Waals surface area contributed by atoms with Crippen molar-refractivity contribution in [3.63, 3.8) is 0 Å². The van der Waals surface area contributed by atoms with Gasteiger partial charge in [0.25, 0.3) is 0 Å². The Bertz CT molecular complexity index is 937. The predicted octanol–water partition coefficient (Wildman–Crippen LogP) is 4.62. The molecule has 1 fully saturated rings. The highest BCUT2D eigenvalue weighted by Crippen LogP contribution is 2.38. The Labute approximate surface area is 173 Å². The van der Waals surface area contributed by atoms with E-state index in [1.807, 2.05) is 37.8 Å². The van der Waals surface area contributed by atoms with Crippen molar-refractivity contribution in [3.05, 3.63) is 46.8 Å². The Kier molecular flexibility index (Phi) is 5.78. The Balaban J connectivity index is 1.60. The normalized spacial score (nSPS) is 15.6. The number of rotatable bonds is 5. The molecule has 1 N–H and O–H groups in total. The van der Waals surface area contributed by atoms with Crippen LogP contribution in [0, 0.1) is 5.92 Å². The highest BCUT2D eigenvalue weighted by atomic mass is 35.5. The fourth-order valence-corrected chi connectivity index (χ4v) is 4.90. The summed E-state index contributed by atoms with van der Waals surface area (Å²) in [6.07, 6.45) is 8.03. The first-order chi connectivity index (χ1) is 13.2. The van der Waals surface area contributed by atoms with E-state index in [0.29, 0.717) is 10.0 Å². The molecule has 1 aliphatic rings. The van der Waals surface area contributed by atoms with Gasteiger partial charge in [0, 0.05) is 36.6 Å². The first kappa shape index (κ1) is 18.9. The van der Waals surface area contributed by atoms with Gasteiger partial charge in [0.2, 0.25) is 5.95 Å². The number of piperidine rings is 1. The number of hydrogen-bond donors (Lipinski definition) is 1. The highest BCUT2D eigenvalue weighted by molar-refractivity contribution is 7.99. The summed E-state index contributed by atoms with van der Waals surface area (Å²) in [6, 6.07) is 5.65. The monoisotopic (exact) mass is 421 g/mol. The third-order valence-corrected chi connectivity index (χ3v) is 6.90. The number of anilines is 1. The third kappa shape index (κ3) is 3.90. The molecule has 3 aromatic rings. The van der Waals surface area contributed by atoms with Crippen molar-refractivity contribution in [3.8, 4) is 0 Å². The Morgan fingerprint density at radius 1 is 1.19 bits per heavy atom. The maximum absolute atomic E-state index is 6.35. The summed E-state index contributed by atoms with van der Waals surface area (Å²) in [5, 5.41) is 4.40. The van der Waals surface area contributed by atoms with Crippen LogP contribution in [-0.4, -0.2) is 41.1 Å². The van der Waals surface area contributed by atoms with E-state index in [1.54, 1.807) is 6.07 Å². The smallest absolute Gasteiger partial charge is 0.211 e. The Morgan fingerprint density at radius 3 is 2.78 bits per heavy atom. The average molecular weight is 422 g/mol. The van der Waals surface area contributed by atoms with Crippen molar-refractivity contribution in [1.82, 2.24) is 19.7 Å². The number of hydrogen-bond acceptors (Lipinski definition) is 5. The van der Waals surface area contributed by atoms with Crippen LogP contribution < -0.4 is 10.2 Å². The molecule has 3 heterocycles. The van der Waals surface area contributed by atoms with E-state index in [9.17, 15) is 0 Å². The zero-order chi connectivity index (χ0) is 18.8. The average Bonchev–Trinajstić information content (AvgIpc) is 3.17. The van der Waals surface area contributed by atoms with E-state index in [0.717, 1.165) is 46.9 Å². The van der Waals surface area contributed by atoms with Gasteiger partial charge >= 0.3 is 0 Å². The second-order valence-corrected chi connectivity index (χ2v) is 8.55. The van der Waals surface area contributed by atoms with Gasteiger partial charge < -0.3 is 10.2 Å². The van der Waals surface area contributed by atoms with Crippen LogP contribution >= 0.6 is 35.0 Å². The summed E-state index contributed by atoms with van der Waals surface area (Å²) < 4.78 is 2.07. The molecule has 0 radical (unpaired) electrons. The molecule has 0 bridgehead atoms. The van der Waals surface area contributed by atoms with Crippen molar-refractivity contribution in [2.45, 2.75) is 22.6 Å². The SMILES string of the molecule is CNCC1CCN(c2ncc(Sc3cccc(Cl)c3Cl)c3nccn23)CC1. The number of nitrogens with zero attached hydrogens (tertiary/aromatic N) is 4. The minimum Gasteiger partial charge on any atom is -0.342 e. The van der Waals surface area contributed by atoms with Gasteiger partial charge in [0.05, 0.1) is 14.9 Å². The van der Waals surface area contributed by atoms with Crippen LogP contribution in [0.5, 0.6) is 0 Å². The molecule has 0 saturated carbocycles. The van der Waals surface area contributed by atoms with Crippen molar-refractivity contribution in [2.75, 3.05) is 31.6 Å². The van der Waals surface area contributed by atoms with Gasteiger partial charge in [-0.2, -0.15) is 0 Å². The summed E-state index contributed by atoms with van der Waals surface area (Å²) in [4.78, 5) is 13.5. The van der Waals surface area contributed by atoms with E-state index < -0.39 is 0 Å². The van der Waals surface area contributed by atoms with Crippen LogP contribution in [0.2, 0.25) is 10.0 Å². The summed E-state index contributed by atoms with van der Waals surface area (Å²) >= 11 is 14.0. The fourth-order valence-electron chi connectivity index (χ4n) is 3.50. The molecule has 8 heteroatoms. The molecule has 0 amide bonds. The summed E-state index contributed by atoms with van der Waals surface area (Å²) in [5.41, 5.74) is 0.887. The maximum atomic E-state index is 6.35. The molecule has 0 atom stereocenters. The molecule has 27 heavy (non-hydrogen) atoms. The van der Waals surface area contributed by atoms with E-state index in [2.05, 4.69) is 19.6 Å². The van der Waals surface area contributed by atoms with Crippen molar-refractivity contribution in [2.24, 2.45) is 5.92 Å². The van der Waals surface area contributed by atoms with Crippen molar-refractivity contribution < 1.29 is 0 Å². The number of halogens is 2. The van der Waals surface area contributed by atoms with Crippen LogP contribution in [0.15, 0.2) is 46.6 Å². The van der Waals surface area contributed by atoms with E-state index in [-0.39, 0.29) is 0 Å². The summed E-state index contributed by atoms with van der Waals surface area (Å²) in [5.74, 6) is 1.69. The molecular weight excluding hydrogens is 401 g/mol. The zero-order valence-corrected chi connectivity index (χ0v) is 17.4. The Hall–Kier alpha value is -1.47. The van der Waals surface area contributed by atoms with E-state index in [1.165, 1.54) is 24.6 Å². The molecule has 4 rings (SSSR count). The van der Waals surface area contributed by atoms with E-state index in [4.69, 9.17) is 28.2 Å². The zero-order valence-electron chi connectivity index (χ0n) is 15.0. The van der Waals surface area contributed by atoms with Crippen LogP contribution in [0.4, 0.5) is 5.95 Å². The molecule has 1 aliphatic heterocycles. The molecule has 0 spiro atoms. The Morgan fingerprint density at radius 2 is 2.00 bits per heavy atom. The topological polar surface area (TPSA) is 45.5 Å². The van der Waals surface area contributed by atoms with Crippen molar-refractivity contribution >= 4 is 46.6 Å². The van der Waals surface area contributed by atoms with Gasteiger partial charge in [-0.1, -0.05) is 41.0 Å².